The number of aromatic amines is 1. The van der Waals surface area contributed by atoms with Crippen molar-refractivity contribution in [3.63, 3.8) is 0 Å². The zero-order valence-corrected chi connectivity index (χ0v) is 15.9. The summed E-state index contributed by atoms with van der Waals surface area (Å²) in [7, 11) is 0. The predicted octanol–water partition coefficient (Wildman–Crippen LogP) is 3.61. The van der Waals surface area contributed by atoms with Crippen LogP contribution in [-0.2, 0) is 19.5 Å². The van der Waals surface area contributed by atoms with Crippen molar-refractivity contribution in [1.82, 2.24) is 14.9 Å². The number of nitrogens with zero attached hydrogens (tertiary/aromatic N) is 3. The molecule has 0 amide bonds. The number of rotatable bonds is 3. The Bertz CT molecular complexity index is 902. The van der Waals surface area contributed by atoms with Crippen LogP contribution in [0.15, 0.2) is 28.0 Å². The zero-order valence-electron chi connectivity index (χ0n) is 14.4. The van der Waals surface area contributed by atoms with Crippen LogP contribution in [-0.4, -0.2) is 33.7 Å². The second-order valence-corrected chi connectivity index (χ2v) is 7.60. The lowest BCUT2D eigenvalue weighted by Gasteiger charge is -2.28. The van der Waals surface area contributed by atoms with Crippen molar-refractivity contribution in [1.29, 1.82) is 0 Å². The number of nitrogens with one attached hydrogen (secondary N) is 1. The Morgan fingerprint density at radius 3 is 2.69 bits per heavy atom. The Kier molecular flexibility index (Phi) is 5.11. The highest BCUT2D eigenvalue weighted by Gasteiger charge is 2.23. The largest absolute Gasteiger partial charge is 0.305 e. The molecule has 2 aromatic rings. The maximum absolute atomic E-state index is 12.6. The molecule has 136 valence electrons. The van der Waals surface area contributed by atoms with Crippen LogP contribution in [0.25, 0.3) is 0 Å². The third-order valence-corrected chi connectivity index (χ3v) is 5.70. The van der Waals surface area contributed by atoms with Crippen LogP contribution < -0.4 is 5.56 Å². The van der Waals surface area contributed by atoms with Crippen molar-refractivity contribution in [3.05, 3.63) is 61.2 Å². The fourth-order valence-corrected chi connectivity index (χ4v) is 4.07. The number of fused-ring (bicyclic) bond motifs is 1. The molecule has 0 atom stereocenters. The van der Waals surface area contributed by atoms with Gasteiger partial charge in [0.1, 0.15) is 0 Å². The molecule has 0 radical (unpaired) electrons. The molecular formula is C19H20Cl2N4O. The number of hydrogen-bond acceptors (Lipinski definition) is 4. The minimum Gasteiger partial charge on any atom is -0.305 e. The summed E-state index contributed by atoms with van der Waals surface area (Å²) in [5, 5.41) is 1.31. The van der Waals surface area contributed by atoms with E-state index in [2.05, 4.69) is 14.9 Å². The van der Waals surface area contributed by atoms with Gasteiger partial charge in [-0.15, -0.1) is 0 Å². The lowest BCUT2D eigenvalue weighted by Crippen LogP contribution is -2.36. The lowest BCUT2D eigenvalue weighted by atomic mass is 10.0. The molecule has 1 aromatic carbocycles. The maximum Gasteiger partial charge on any atom is 0.255 e. The van der Waals surface area contributed by atoms with Gasteiger partial charge in [0.25, 0.3) is 5.56 Å². The second-order valence-electron chi connectivity index (χ2n) is 6.79. The van der Waals surface area contributed by atoms with Crippen LogP contribution in [0.5, 0.6) is 0 Å². The summed E-state index contributed by atoms with van der Waals surface area (Å²) >= 11 is 12.6. The van der Waals surface area contributed by atoms with Gasteiger partial charge in [-0.2, -0.15) is 0 Å². The third kappa shape index (κ3) is 3.56. The van der Waals surface area contributed by atoms with E-state index in [1.807, 2.05) is 18.2 Å². The fourth-order valence-electron chi connectivity index (χ4n) is 3.55. The summed E-state index contributed by atoms with van der Waals surface area (Å²) in [6.45, 7) is 2.80. The Balaban J connectivity index is 1.58. The Morgan fingerprint density at radius 2 is 1.96 bits per heavy atom. The van der Waals surface area contributed by atoms with E-state index in [9.17, 15) is 4.79 Å². The molecule has 0 saturated heterocycles. The zero-order chi connectivity index (χ0) is 18.1. The van der Waals surface area contributed by atoms with Gasteiger partial charge in [-0.3, -0.25) is 14.7 Å². The number of halogens is 2. The van der Waals surface area contributed by atoms with Gasteiger partial charge in [0.2, 0.25) is 0 Å². The minimum absolute atomic E-state index is 0.0618. The summed E-state index contributed by atoms with van der Waals surface area (Å²) in [6, 6.07) is 5.52. The molecule has 3 heterocycles. The SMILES string of the molecule is O=c1[nH]c(C2=NCCCC2)nc2c1CN(Cc1c(Cl)cccc1Cl)CC2. The Labute approximate surface area is 162 Å². The third-order valence-electron chi connectivity index (χ3n) is 4.99. The Morgan fingerprint density at radius 1 is 1.15 bits per heavy atom. The van der Waals surface area contributed by atoms with E-state index < -0.39 is 0 Å². The minimum atomic E-state index is -0.0618. The molecule has 0 unspecified atom stereocenters. The fraction of sp³-hybridized carbons (Fsp3) is 0.421. The first-order chi connectivity index (χ1) is 12.6. The van der Waals surface area contributed by atoms with E-state index in [0.29, 0.717) is 29.0 Å². The standard InChI is InChI=1S/C19H20Cl2N4O/c20-14-4-3-5-15(21)12(14)10-25-9-7-16-13(11-25)19(26)24-18(23-16)17-6-1-2-8-22-17/h3-5H,1-2,6-11H2,(H,23,24,26). The quantitative estimate of drug-likeness (QED) is 0.870. The molecule has 0 saturated carbocycles. The molecule has 2 aliphatic heterocycles. The Hall–Kier alpha value is -1.69. The van der Waals surface area contributed by atoms with Crippen molar-refractivity contribution in [2.45, 2.75) is 38.8 Å². The van der Waals surface area contributed by atoms with E-state index >= 15 is 0 Å². The van der Waals surface area contributed by atoms with E-state index in [1.54, 1.807) is 0 Å². The average Bonchev–Trinajstić information content (AvgIpc) is 2.66. The first-order valence-corrected chi connectivity index (χ1v) is 9.68. The normalized spacial score (nSPS) is 17.7. The lowest BCUT2D eigenvalue weighted by molar-refractivity contribution is 0.241. The molecule has 1 aromatic heterocycles. The smallest absolute Gasteiger partial charge is 0.255 e. The molecule has 2 aliphatic rings. The van der Waals surface area contributed by atoms with Gasteiger partial charge >= 0.3 is 0 Å². The van der Waals surface area contributed by atoms with Crippen LogP contribution in [0, 0.1) is 0 Å². The van der Waals surface area contributed by atoms with Crippen LogP contribution >= 0.6 is 23.2 Å². The summed E-state index contributed by atoms with van der Waals surface area (Å²) in [5.41, 5.74) is 3.39. The van der Waals surface area contributed by atoms with Crippen LogP contribution in [0.3, 0.4) is 0 Å². The van der Waals surface area contributed by atoms with Gasteiger partial charge in [0, 0.05) is 48.2 Å². The van der Waals surface area contributed by atoms with Crippen molar-refractivity contribution >= 4 is 28.9 Å². The number of H-pyrrole nitrogens is 1. The topological polar surface area (TPSA) is 61.4 Å². The number of aliphatic imine (C=N–C) groups is 1. The summed E-state index contributed by atoms with van der Waals surface area (Å²) < 4.78 is 0. The second kappa shape index (κ2) is 7.51. The molecule has 4 rings (SSSR count). The van der Waals surface area contributed by atoms with E-state index in [0.717, 1.165) is 61.3 Å². The van der Waals surface area contributed by atoms with E-state index in [4.69, 9.17) is 28.2 Å². The van der Waals surface area contributed by atoms with E-state index in [-0.39, 0.29) is 5.56 Å². The molecule has 7 heteroatoms. The molecular weight excluding hydrogens is 371 g/mol. The summed E-state index contributed by atoms with van der Waals surface area (Å²) in [5.74, 6) is 0.649. The molecule has 5 nitrogen and oxygen atoms in total. The van der Waals surface area contributed by atoms with E-state index in [1.165, 1.54) is 0 Å². The van der Waals surface area contributed by atoms with Gasteiger partial charge in [0.15, 0.2) is 5.82 Å². The van der Waals surface area contributed by atoms with Crippen molar-refractivity contribution in [2.75, 3.05) is 13.1 Å². The van der Waals surface area contributed by atoms with Crippen LogP contribution in [0.1, 0.15) is 41.9 Å². The molecule has 26 heavy (non-hydrogen) atoms. The van der Waals surface area contributed by atoms with Crippen LogP contribution in [0.2, 0.25) is 10.0 Å². The van der Waals surface area contributed by atoms with Gasteiger partial charge in [-0.1, -0.05) is 29.3 Å². The summed E-state index contributed by atoms with van der Waals surface area (Å²) in [4.78, 5) is 27.0. The van der Waals surface area contributed by atoms with Crippen molar-refractivity contribution in [2.24, 2.45) is 4.99 Å². The van der Waals surface area contributed by atoms with Gasteiger partial charge in [0.05, 0.1) is 17.0 Å². The number of benzene rings is 1. The van der Waals surface area contributed by atoms with Crippen molar-refractivity contribution in [3.8, 4) is 0 Å². The maximum atomic E-state index is 12.6. The van der Waals surface area contributed by atoms with Gasteiger partial charge < -0.3 is 4.98 Å². The average molecular weight is 391 g/mol. The van der Waals surface area contributed by atoms with Gasteiger partial charge in [-0.25, -0.2) is 4.98 Å². The molecule has 0 fully saturated rings. The monoisotopic (exact) mass is 390 g/mol. The molecule has 0 bridgehead atoms. The molecule has 0 aliphatic carbocycles. The predicted molar refractivity (Wildman–Crippen MR) is 104 cm³/mol. The first-order valence-electron chi connectivity index (χ1n) is 8.93. The van der Waals surface area contributed by atoms with Crippen molar-refractivity contribution < 1.29 is 0 Å². The highest BCUT2D eigenvalue weighted by molar-refractivity contribution is 6.35. The number of hydrogen-bond donors (Lipinski definition) is 1. The summed E-state index contributed by atoms with van der Waals surface area (Å²) in [6.07, 6.45) is 3.84. The van der Waals surface area contributed by atoms with Gasteiger partial charge in [-0.05, 0) is 31.4 Å². The number of aromatic nitrogens is 2. The highest BCUT2D eigenvalue weighted by Crippen LogP contribution is 2.27. The highest BCUT2D eigenvalue weighted by atomic mass is 35.5. The first kappa shape index (κ1) is 17.7. The van der Waals surface area contributed by atoms with Crippen LogP contribution in [0.4, 0.5) is 0 Å². The molecule has 0 spiro atoms. The molecule has 1 N–H and O–H groups in total.